The van der Waals surface area contributed by atoms with Gasteiger partial charge in [-0.3, -0.25) is 14.2 Å². The van der Waals surface area contributed by atoms with Crippen molar-refractivity contribution in [3.05, 3.63) is 97.2 Å². The lowest BCUT2D eigenvalue weighted by atomic mass is 10.1. The molecule has 0 heterocycles. The summed E-state index contributed by atoms with van der Waals surface area (Å²) in [5, 5.41) is 30.6. The van der Waals surface area contributed by atoms with Gasteiger partial charge >= 0.3 is 11.9 Å². The van der Waals surface area contributed by atoms with Gasteiger partial charge in [-0.25, -0.2) is 0 Å². The predicted molar refractivity (Wildman–Crippen MR) is 258 cm³/mol. The number of rotatable bonds is 41. The molecule has 0 rings (SSSR count). The van der Waals surface area contributed by atoms with Gasteiger partial charge in [0, 0.05) is 12.8 Å². The summed E-state index contributed by atoms with van der Waals surface area (Å²) in [6.45, 7) is 3.58. The van der Waals surface area contributed by atoms with Crippen LogP contribution in [0.3, 0.4) is 0 Å². The average molecular weight is 920 g/mol. The highest BCUT2D eigenvalue weighted by molar-refractivity contribution is 7.45. The molecule has 0 fully saturated rings. The number of aliphatic hydroxyl groups excluding tert-OH is 3. The number of phosphoric ester groups is 1. The van der Waals surface area contributed by atoms with Gasteiger partial charge in [-0.05, 0) is 70.6 Å². The van der Waals surface area contributed by atoms with Crippen LogP contribution in [0.5, 0.6) is 0 Å². The zero-order valence-electron chi connectivity index (χ0n) is 40.0. The van der Waals surface area contributed by atoms with E-state index in [9.17, 15) is 34.4 Å². The minimum Gasteiger partial charge on any atom is -0.756 e. The van der Waals surface area contributed by atoms with E-state index in [-0.39, 0.29) is 32.3 Å². The molecule has 0 aliphatic carbocycles. The van der Waals surface area contributed by atoms with Crippen molar-refractivity contribution in [1.29, 1.82) is 0 Å². The number of ether oxygens (including phenoxy) is 2. The van der Waals surface area contributed by atoms with E-state index in [4.69, 9.17) is 18.5 Å². The number of esters is 2. The number of quaternary nitrogens is 1. The van der Waals surface area contributed by atoms with E-state index in [0.29, 0.717) is 23.9 Å². The number of allylic oxidation sites excluding steroid dienone is 13. The van der Waals surface area contributed by atoms with Gasteiger partial charge in [0.1, 0.15) is 19.8 Å². The Morgan fingerprint density at radius 3 is 1.83 bits per heavy atom. The molecule has 0 saturated carbocycles. The van der Waals surface area contributed by atoms with E-state index in [1.54, 1.807) is 42.5 Å². The number of nitrogens with zero attached hydrogens (tertiary/aromatic N) is 1. The van der Waals surface area contributed by atoms with Crippen LogP contribution in [0.1, 0.15) is 142 Å². The summed E-state index contributed by atoms with van der Waals surface area (Å²) in [5.74, 6) is -1.19. The van der Waals surface area contributed by atoms with Crippen molar-refractivity contribution in [2.45, 2.75) is 167 Å². The van der Waals surface area contributed by atoms with E-state index in [2.05, 4.69) is 43.4 Å². The van der Waals surface area contributed by atoms with Gasteiger partial charge < -0.3 is 43.2 Å². The summed E-state index contributed by atoms with van der Waals surface area (Å²) < 4.78 is 33.6. The van der Waals surface area contributed by atoms with E-state index in [0.717, 1.165) is 57.8 Å². The number of carbonyl (C=O) groups excluding carboxylic acids is 2. The first kappa shape index (κ1) is 60.8. The van der Waals surface area contributed by atoms with E-state index >= 15 is 0 Å². The molecule has 0 amide bonds. The maximum atomic E-state index is 12.7. The van der Waals surface area contributed by atoms with Crippen LogP contribution in [0.25, 0.3) is 0 Å². The number of aliphatic hydroxyl groups is 3. The zero-order chi connectivity index (χ0) is 47.6. The van der Waals surface area contributed by atoms with Gasteiger partial charge in [-0.2, -0.15) is 0 Å². The highest BCUT2D eigenvalue weighted by Gasteiger charge is 2.22. The molecule has 0 aliphatic rings. The van der Waals surface area contributed by atoms with E-state index < -0.39 is 57.4 Å². The van der Waals surface area contributed by atoms with Gasteiger partial charge in [0.05, 0.1) is 46.1 Å². The fraction of sp³-hybridized carbons (Fsp3) is 0.647. The van der Waals surface area contributed by atoms with Crippen molar-refractivity contribution >= 4 is 19.8 Å². The van der Waals surface area contributed by atoms with Gasteiger partial charge in [0.15, 0.2) is 6.10 Å². The Hall–Kier alpha value is -3.19. The fourth-order valence-electron chi connectivity index (χ4n) is 5.82. The first-order chi connectivity index (χ1) is 30.7. The molecule has 0 aromatic heterocycles. The molecule has 12 nitrogen and oxygen atoms in total. The maximum absolute atomic E-state index is 12.7. The van der Waals surface area contributed by atoms with E-state index in [1.165, 1.54) is 38.2 Å². The molecule has 0 spiro atoms. The number of carbonyl (C=O) groups is 2. The lowest BCUT2D eigenvalue weighted by molar-refractivity contribution is -0.870. The molecule has 1 unspecified atom stereocenters. The van der Waals surface area contributed by atoms with Crippen LogP contribution in [0, 0.1) is 0 Å². The van der Waals surface area contributed by atoms with Crippen molar-refractivity contribution in [3.63, 3.8) is 0 Å². The summed E-state index contributed by atoms with van der Waals surface area (Å²) in [7, 11) is 0.921. The first-order valence-electron chi connectivity index (χ1n) is 23.8. The van der Waals surface area contributed by atoms with E-state index in [1.807, 2.05) is 40.2 Å². The molecular formula is C51H86NO11P. The lowest BCUT2D eigenvalue weighted by Crippen LogP contribution is -2.37. The lowest BCUT2D eigenvalue weighted by Gasteiger charge is -2.28. The van der Waals surface area contributed by atoms with Crippen molar-refractivity contribution in [3.8, 4) is 0 Å². The molecule has 0 bridgehead atoms. The smallest absolute Gasteiger partial charge is 0.306 e. The SMILES string of the molecule is CC/C=C\C[C@H](O)/C=C/C=C/C=C\C=C/[C@@H](O)[C@H](O)CCCC(=O)O[C@H](COC(=O)CCCCCCCC/C=C\C/C=C\C/C=C\CCCCCC)COP(=O)([O-])OCC[N+](C)(C)C. The fourth-order valence-corrected chi connectivity index (χ4v) is 6.55. The third-order valence-electron chi connectivity index (χ3n) is 9.68. The largest absolute Gasteiger partial charge is 0.756 e. The Balaban J connectivity index is 4.66. The van der Waals surface area contributed by atoms with Crippen LogP contribution >= 0.6 is 7.82 Å². The Morgan fingerprint density at radius 1 is 0.641 bits per heavy atom. The van der Waals surface area contributed by atoms with Crippen LogP contribution in [-0.2, 0) is 32.7 Å². The summed E-state index contributed by atoms with van der Waals surface area (Å²) in [4.78, 5) is 37.7. The minimum atomic E-state index is -4.74. The molecule has 64 heavy (non-hydrogen) atoms. The second-order valence-corrected chi connectivity index (χ2v) is 18.4. The summed E-state index contributed by atoms with van der Waals surface area (Å²) in [6.07, 6.45) is 43.8. The van der Waals surface area contributed by atoms with Crippen molar-refractivity contribution in [2.24, 2.45) is 0 Å². The average Bonchev–Trinajstić information content (AvgIpc) is 3.24. The monoisotopic (exact) mass is 920 g/mol. The van der Waals surface area contributed by atoms with Gasteiger partial charge in [0.25, 0.3) is 7.82 Å². The molecule has 13 heteroatoms. The number of hydrogen-bond donors (Lipinski definition) is 3. The molecule has 0 radical (unpaired) electrons. The van der Waals surface area contributed by atoms with Gasteiger partial charge in [-0.15, -0.1) is 0 Å². The highest BCUT2D eigenvalue weighted by Crippen LogP contribution is 2.38. The number of unbranched alkanes of at least 4 members (excludes halogenated alkanes) is 10. The number of hydrogen-bond acceptors (Lipinski definition) is 11. The second kappa shape index (κ2) is 41.3. The van der Waals surface area contributed by atoms with Gasteiger partial charge in [0.2, 0.25) is 0 Å². The molecule has 5 atom stereocenters. The quantitative estimate of drug-likeness (QED) is 0.0133. The summed E-state index contributed by atoms with van der Waals surface area (Å²) in [5.41, 5.74) is 0. The van der Waals surface area contributed by atoms with Crippen molar-refractivity contribution < 1.29 is 57.4 Å². The third-order valence-corrected chi connectivity index (χ3v) is 10.6. The van der Waals surface area contributed by atoms with Crippen LogP contribution in [0.4, 0.5) is 0 Å². The number of likely N-dealkylation sites (N-methyl/N-ethyl adjacent to an activating group) is 1. The molecule has 0 aliphatic heterocycles. The Bertz CT molecular complexity index is 1460. The summed E-state index contributed by atoms with van der Waals surface area (Å²) in [6, 6.07) is 0. The molecule has 0 saturated heterocycles. The van der Waals surface area contributed by atoms with Crippen LogP contribution < -0.4 is 4.89 Å². The Morgan fingerprint density at radius 2 is 1.20 bits per heavy atom. The van der Waals surface area contributed by atoms with Crippen molar-refractivity contribution in [1.82, 2.24) is 0 Å². The molecule has 0 aromatic rings. The number of phosphoric acid groups is 1. The molecule has 366 valence electrons. The van der Waals surface area contributed by atoms with Crippen molar-refractivity contribution in [2.75, 3.05) is 47.5 Å². The molecule has 0 aromatic carbocycles. The molecule has 3 N–H and O–H groups in total. The van der Waals surface area contributed by atoms with Gasteiger partial charge in [-0.1, -0.05) is 156 Å². The summed E-state index contributed by atoms with van der Waals surface area (Å²) >= 11 is 0. The van der Waals surface area contributed by atoms with Crippen LogP contribution in [0.2, 0.25) is 0 Å². The van der Waals surface area contributed by atoms with Crippen LogP contribution in [-0.4, -0.2) is 104 Å². The predicted octanol–water partition coefficient (Wildman–Crippen LogP) is 10.0. The molecular weight excluding hydrogens is 834 g/mol. The zero-order valence-corrected chi connectivity index (χ0v) is 40.9. The standard InChI is InChI=1S/C51H86NO11P/c1-6-8-10-11-12-13-14-15-16-17-18-19-20-21-22-23-24-25-30-34-40-50(56)60-44-47(45-62-64(58,59)61-43-42-52(3,4)5)63-51(57)41-35-39-49(55)48(54)38-33-29-27-26-28-32-37-46(53)36-31-9-7-2/h9,13-14,16-17,19-20,26-29,31-33,37-38,46-49,53-55H,6-8,10-12,15,18,21-25,30,34-36,39-45H2,1-5H3/b14-13-,17-16-,20-19-,28-26+,29-27-,31-9-,37-32+,38-33-/t46-,47+,48+,49+/m0/s1. The third kappa shape index (κ3) is 42.7. The Kier molecular flexibility index (Phi) is 39.2. The highest BCUT2D eigenvalue weighted by atomic mass is 31.2. The maximum Gasteiger partial charge on any atom is 0.306 e. The normalized spacial score (nSPS) is 15.8. The minimum absolute atomic E-state index is 0.0868. The topological polar surface area (TPSA) is 172 Å². The first-order valence-corrected chi connectivity index (χ1v) is 25.2. The Labute approximate surface area is 387 Å². The van der Waals surface area contributed by atoms with Crippen LogP contribution in [0.15, 0.2) is 97.2 Å². The second-order valence-electron chi connectivity index (χ2n) is 17.0.